The lowest BCUT2D eigenvalue weighted by molar-refractivity contribution is -0.141. The first-order chi connectivity index (χ1) is 14.1. The van der Waals surface area contributed by atoms with Crippen LogP contribution in [0.1, 0.15) is 90.4 Å². The third-order valence-electron chi connectivity index (χ3n) is 4.97. The van der Waals surface area contributed by atoms with Crippen LogP contribution in [0, 0.1) is 5.92 Å². The van der Waals surface area contributed by atoms with Gasteiger partial charge in [-0.05, 0) is 32.1 Å². The molecular formula is C23H44O6. The van der Waals surface area contributed by atoms with Crippen LogP contribution < -0.4 is 0 Å². The Morgan fingerprint density at radius 3 is 1.52 bits per heavy atom. The highest BCUT2D eigenvalue weighted by Crippen LogP contribution is 2.12. The van der Waals surface area contributed by atoms with Gasteiger partial charge in [-0.3, -0.25) is 9.59 Å². The highest BCUT2D eigenvalue weighted by atomic mass is 16.5. The number of carbonyl (C=O) groups is 2. The van der Waals surface area contributed by atoms with Gasteiger partial charge in [-0.2, -0.15) is 0 Å². The highest BCUT2D eigenvalue weighted by molar-refractivity contribution is 5.69. The van der Waals surface area contributed by atoms with Gasteiger partial charge in [0.1, 0.15) is 0 Å². The molecule has 0 radical (unpaired) electrons. The molecule has 0 aromatic heterocycles. The van der Waals surface area contributed by atoms with Crippen LogP contribution in [0.25, 0.3) is 0 Å². The minimum atomic E-state index is -0.124. The van der Waals surface area contributed by atoms with E-state index in [1.165, 1.54) is 27.1 Å². The van der Waals surface area contributed by atoms with Gasteiger partial charge in [0.05, 0.1) is 27.4 Å². The summed E-state index contributed by atoms with van der Waals surface area (Å²) in [5, 5.41) is 0. The first kappa shape index (κ1) is 27.9. The molecule has 0 aliphatic rings. The van der Waals surface area contributed by atoms with Crippen LogP contribution >= 0.6 is 0 Å². The number of esters is 2. The van der Waals surface area contributed by atoms with Crippen molar-refractivity contribution in [3.05, 3.63) is 0 Å². The van der Waals surface area contributed by atoms with Gasteiger partial charge in [0, 0.05) is 32.0 Å². The predicted molar refractivity (Wildman–Crippen MR) is 115 cm³/mol. The molecule has 0 aromatic rings. The molecule has 6 heteroatoms. The average molecular weight is 417 g/mol. The minimum absolute atomic E-state index is 0.124. The summed E-state index contributed by atoms with van der Waals surface area (Å²) in [6.07, 6.45) is 12.7. The highest BCUT2D eigenvalue weighted by Gasteiger charge is 2.09. The van der Waals surface area contributed by atoms with Gasteiger partial charge in [-0.15, -0.1) is 0 Å². The van der Waals surface area contributed by atoms with Crippen LogP contribution in [0.15, 0.2) is 0 Å². The molecule has 0 spiro atoms. The SMILES string of the molecule is CCCCC(COCCCCCCC(=O)OC)COCCCCCCC(=O)OC. The van der Waals surface area contributed by atoms with Crippen molar-refractivity contribution in [3.63, 3.8) is 0 Å². The van der Waals surface area contributed by atoms with Crippen LogP contribution in [0.4, 0.5) is 0 Å². The molecule has 0 unspecified atom stereocenters. The van der Waals surface area contributed by atoms with E-state index in [4.69, 9.17) is 9.47 Å². The van der Waals surface area contributed by atoms with Gasteiger partial charge in [0.15, 0.2) is 0 Å². The Balaban J connectivity index is 3.63. The molecule has 0 bridgehead atoms. The number of unbranched alkanes of at least 4 members (excludes halogenated alkanes) is 7. The summed E-state index contributed by atoms with van der Waals surface area (Å²) >= 11 is 0. The van der Waals surface area contributed by atoms with Crippen molar-refractivity contribution in [3.8, 4) is 0 Å². The molecule has 0 saturated heterocycles. The average Bonchev–Trinajstić information content (AvgIpc) is 2.74. The lowest BCUT2D eigenvalue weighted by atomic mass is 10.0. The van der Waals surface area contributed by atoms with E-state index in [9.17, 15) is 9.59 Å². The van der Waals surface area contributed by atoms with Crippen LogP contribution in [0.2, 0.25) is 0 Å². The number of hydrogen-bond donors (Lipinski definition) is 0. The van der Waals surface area contributed by atoms with Crippen LogP contribution in [-0.2, 0) is 28.5 Å². The second-order valence-corrected chi connectivity index (χ2v) is 7.64. The quantitative estimate of drug-likeness (QED) is 0.192. The second kappa shape index (κ2) is 21.6. The van der Waals surface area contributed by atoms with Gasteiger partial charge in [-0.1, -0.05) is 45.4 Å². The summed E-state index contributed by atoms with van der Waals surface area (Å²) < 4.78 is 21.0. The van der Waals surface area contributed by atoms with E-state index in [-0.39, 0.29) is 11.9 Å². The summed E-state index contributed by atoms with van der Waals surface area (Å²) in [5.41, 5.74) is 0. The van der Waals surface area contributed by atoms with E-state index in [1.54, 1.807) is 0 Å². The number of hydrogen-bond acceptors (Lipinski definition) is 6. The van der Waals surface area contributed by atoms with Gasteiger partial charge in [0.2, 0.25) is 0 Å². The first-order valence-electron chi connectivity index (χ1n) is 11.4. The van der Waals surface area contributed by atoms with E-state index in [0.717, 1.165) is 84.2 Å². The van der Waals surface area contributed by atoms with Crippen LogP contribution in [-0.4, -0.2) is 52.6 Å². The fraction of sp³-hybridized carbons (Fsp3) is 0.913. The normalized spacial score (nSPS) is 11.0. The Morgan fingerprint density at radius 1 is 0.655 bits per heavy atom. The predicted octanol–water partition coefficient (Wildman–Crippen LogP) is 5.07. The molecule has 0 saturated carbocycles. The van der Waals surface area contributed by atoms with Crippen molar-refractivity contribution >= 4 is 11.9 Å². The molecule has 0 aliphatic heterocycles. The monoisotopic (exact) mass is 416 g/mol. The van der Waals surface area contributed by atoms with Crippen molar-refractivity contribution in [2.24, 2.45) is 5.92 Å². The van der Waals surface area contributed by atoms with Crippen molar-refractivity contribution in [1.29, 1.82) is 0 Å². The number of methoxy groups -OCH3 is 2. The standard InChI is InChI=1S/C23H44O6/c1-4-5-14-21(19-28-17-12-8-6-10-15-22(24)26-2)20-29-18-13-9-7-11-16-23(25)27-3/h21H,4-20H2,1-3H3. The van der Waals surface area contributed by atoms with Gasteiger partial charge < -0.3 is 18.9 Å². The first-order valence-corrected chi connectivity index (χ1v) is 11.4. The zero-order chi connectivity index (χ0) is 21.6. The summed E-state index contributed by atoms with van der Waals surface area (Å²) in [6.45, 7) is 5.30. The maximum atomic E-state index is 11.0. The fourth-order valence-electron chi connectivity index (χ4n) is 3.07. The number of ether oxygens (including phenoxy) is 4. The van der Waals surface area contributed by atoms with Crippen LogP contribution in [0.5, 0.6) is 0 Å². The number of carbonyl (C=O) groups excluding carboxylic acids is 2. The maximum absolute atomic E-state index is 11.0. The summed E-state index contributed by atoms with van der Waals surface area (Å²) in [6, 6.07) is 0. The van der Waals surface area contributed by atoms with E-state index >= 15 is 0 Å². The Hall–Kier alpha value is -1.14. The summed E-state index contributed by atoms with van der Waals surface area (Å²) in [5.74, 6) is 0.219. The molecule has 0 N–H and O–H groups in total. The zero-order valence-corrected chi connectivity index (χ0v) is 19.0. The van der Waals surface area contributed by atoms with Gasteiger partial charge in [0.25, 0.3) is 0 Å². The fourth-order valence-corrected chi connectivity index (χ4v) is 3.07. The third kappa shape index (κ3) is 19.9. The van der Waals surface area contributed by atoms with E-state index < -0.39 is 0 Å². The molecule has 0 heterocycles. The van der Waals surface area contributed by atoms with E-state index in [0.29, 0.717) is 18.8 Å². The molecule has 172 valence electrons. The summed E-state index contributed by atoms with van der Waals surface area (Å²) in [4.78, 5) is 22.1. The summed E-state index contributed by atoms with van der Waals surface area (Å²) in [7, 11) is 2.87. The molecule has 0 aliphatic carbocycles. The molecule has 0 atom stereocenters. The van der Waals surface area contributed by atoms with Crippen molar-refractivity contribution in [1.82, 2.24) is 0 Å². The molecule has 6 nitrogen and oxygen atoms in total. The second-order valence-electron chi connectivity index (χ2n) is 7.64. The van der Waals surface area contributed by atoms with Gasteiger partial charge in [-0.25, -0.2) is 0 Å². The molecule has 0 fully saturated rings. The van der Waals surface area contributed by atoms with Crippen molar-refractivity contribution in [2.45, 2.75) is 90.4 Å². The maximum Gasteiger partial charge on any atom is 0.305 e. The Kier molecular flexibility index (Phi) is 20.7. The lowest BCUT2D eigenvalue weighted by Crippen LogP contribution is -2.17. The van der Waals surface area contributed by atoms with Crippen LogP contribution in [0.3, 0.4) is 0 Å². The smallest absolute Gasteiger partial charge is 0.305 e. The lowest BCUT2D eigenvalue weighted by Gasteiger charge is -2.17. The third-order valence-corrected chi connectivity index (χ3v) is 4.97. The van der Waals surface area contributed by atoms with E-state index in [2.05, 4.69) is 16.4 Å². The van der Waals surface area contributed by atoms with Crippen molar-refractivity contribution in [2.75, 3.05) is 40.6 Å². The topological polar surface area (TPSA) is 71.1 Å². The molecule has 0 amide bonds. The largest absolute Gasteiger partial charge is 0.469 e. The Morgan fingerprint density at radius 2 is 1.10 bits per heavy atom. The van der Waals surface area contributed by atoms with Crippen molar-refractivity contribution < 1.29 is 28.5 Å². The minimum Gasteiger partial charge on any atom is -0.469 e. The van der Waals surface area contributed by atoms with Gasteiger partial charge >= 0.3 is 11.9 Å². The van der Waals surface area contributed by atoms with E-state index in [1.807, 2.05) is 0 Å². The molecule has 0 rings (SSSR count). The Labute approximate surface area is 178 Å². The zero-order valence-electron chi connectivity index (χ0n) is 19.0. The molecular weight excluding hydrogens is 372 g/mol. The number of rotatable bonds is 21. The molecule has 0 aromatic carbocycles. The molecule has 29 heavy (non-hydrogen) atoms. The Bertz CT molecular complexity index is 354.